The molecule has 0 saturated carbocycles. The Morgan fingerprint density at radius 1 is 1.45 bits per heavy atom. The van der Waals surface area contributed by atoms with Crippen molar-refractivity contribution in [1.82, 2.24) is 4.72 Å². The standard InChI is InChI=1S/C14H17ClN2O4S/c1-9(2)5-11(14(18)19)8-17-22(20,21)13-4-3-12(15)6-10(13)7-16/h3-4,6,9,11,17H,5,8H2,1-2H3,(H,18,19). The molecule has 120 valence electrons. The minimum Gasteiger partial charge on any atom is -0.481 e. The van der Waals surface area contributed by atoms with Crippen molar-refractivity contribution in [3.63, 3.8) is 0 Å². The largest absolute Gasteiger partial charge is 0.481 e. The Labute approximate surface area is 134 Å². The third kappa shape index (κ3) is 4.98. The van der Waals surface area contributed by atoms with Crippen LogP contribution >= 0.6 is 11.6 Å². The highest BCUT2D eigenvalue weighted by Gasteiger charge is 2.24. The number of hydrogen-bond acceptors (Lipinski definition) is 4. The maximum atomic E-state index is 12.2. The predicted octanol–water partition coefficient (Wildman–Crippen LogP) is 2.24. The molecule has 8 heteroatoms. The Morgan fingerprint density at radius 3 is 2.59 bits per heavy atom. The van der Waals surface area contributed by atoms with E-state index in [0.29, 0.717) is 6.42 Å². The van der Waals surface area contributed by atoms with Crippen LogP contribution in [0, 0.1) is 23.2 Å². The van der Waals surface area contributed by atoms with Crippen LogP contribution in [0.25, 0.3) is 0 Å². The quantitative estimate of drug-likeness (QED) is 0.788. The van der Waals surface area contributed by atoms with Crippen molar-refractivity contribution in [3.8, 4) is 6.07 Å². The van der Waals surface area contributed by atoms with Gasteiger partial charge in [-0.3, -0.25) is 4.79 Å². The molecule has 1 atom stereocenters. The molecule has 0 spiro atoms. The van der Waals surface area contributed by atoms with Crippen molar-refractivity contribution in [2.45, 2.75) is 25.2 Å². The maximum Gasteiger partial charge on any atom is 0.307 e. The van der Waals surface area contributed by atoms with Crippen LogP contribution in [0.4, 0.5) is 0 Å². The van der Waals surface area contributed by atoms with Crippen LogP contribution in [0.5, 0.6) is 0 Å². The van der Waals surface area contributed by atoms with Crippen LogP contribution in [-0.4, -0.2) is 26.0 Å². The van der Waals surface area contributed by atoms with Gasteiger partial charge in [0.1, 0.15) is 6.07 Å². The Morgan fingerprint density at radius 2 is 2.09 bits per heavy atom. The molecule has 0 bridgehead atoms. The third-order valence-corrected chi connectivity index (χ3v) is 4.69. The first-order chi connectivity index (χ1) is 10.2. The summed E-state index contributed by atoms with van der Waals surface area (Å²) in [6, 6.07) is 5.60. The minimum atomic E-state index is -3.98. The van der Waals surface area contributed by atoms with Gasteiger partial charge < -0.3 is 5.11 Å². The van der Waals surface area contributed by atoms with Crippen molar-refractivity contribution in [2.24, 2.45) is 11.8 Å². The molecule has 0 aliphatic carbocycles. The van der Waals surface area contributed by atoms with Gasteiger partial charge >= 0.3 is 5.97 Å². The van der Waals surface area contributed by atoms with E-state index in [1.807, 2.05) is 13.8 Å². The summed E-state index contributed by atoms with van der Waals surface area (Å²) in [5.41, 5.74) is -0.0873. The molecular weight excluding hydrogens is 328 g/mol. The SMILES string of the molecule is CC(C)CC(CNS(=O)(=O)c1ccc(Cl)cc1C#N)C(=O)O. The second kappa shape index (κ2) is 7.58. The van der Waals surface area contributed by atoms with Crippen molar-refractivity contribution < 1.29 is 18.3 Å². The van der Waals surface area contributed by atoms with Crippen LogP contribution < -0.4 is 4.72 Å². The monoisotopic (exact) mass is 344 g/mol. The first kappa shape index (κ1) is 18.4. The van der Waals surface area contributed by atoms with Gasteiger partial charge in [0, 0.05) is 11.6 Å². The van der Waals surface area contributed by atoms with Crippen molar-refractivity contribution >= 4 is 27.6 Å². The summed E-state index contributed by atoms with van der Waals surface area (Å²) in [7, 11) is -3.98. The number of sulfonamides is 1. The fourth-order valence-corrected chi connectivity index (χ4v) is 3.34. The van der Waals surface area contributed by atoms with E-state index in [4.69, 9.17) is 22.0 Å². The molecule has 0 fully saturated rings. The van der Waals surface area contributed by atoms with Gasteiger partial charge in [0.15, 0.2) is 0 Å². The third-order valence-electron chi connectivity index (χ3n) is 2.98. The molecule has 0 heterocycles. The van der Waals surface area contributed by atoms with Crippen molar-refractivity contribution in [1.29, 1.82) is 5.26 Å². The number of halogens is 1. The van der Waals surface area contributed by atoms with Crippen molar-refractivity contribution in [3.05, 3.63) is 28.8 Å². The Kier molecular flexibility index (Phi) is 6.35. The lowest BCUT2D eigenvalue weighted by molar-refractivity contribution is -0.142. The smallest absolute Gasteiger partial charge is 0.307 e. The Balaban J connectivity index is 2.97. The lowest BCUT2D eigenvalue weighted by atomic mass is 9.98. The molecule has 2 N–H and O–H groups in total. The van der Waals surface area contributed by atoms with Gasteiger partial charge in [0.2, 0.25) is 10.0 Å². The predicted molar refractivity (Wildman–Crippen MR) is 81.9 cm³/mol. The van der Waals surface area contributed by atoms with Gasteiger partial charge in [-0.1, -0.05) is 25.4 Å². The summed E-state index contributed by atoms with van der Waals surface area (Å²) in [5.74, 6) is -1.77. The van der Waals surface area contributed by atoms with E-state index in [1.165, 1.54) is 18.2 Å². The molecule has 0 amide bonds. The van der Waals surface area contributed by atoms with E-state index >= 15 is 0 Å². The number of carboxylic acids is 1. The van der Waals surface area contributed by atoms with Gasteiger partial charge in [-0.2, -0.15) is 5.26 Å². The maximum absolute atomic E-state index is 12.2. The highest BCUT2D eigenvalue weighted by atomic mass is 35.5. The van der Waals surface area contributed by atoms with E-state index in [1.54, 1.807) is 6.07 Å². The fraction of sp³-hybridized carbons (Fsp3) is 0.429. The average molecular weight is 345 g/mol. The zero-order chi connectivity index (χ0) is 16.9. The molecule has 6 nitrogen and oxygen atoms in total. The molecule has 1 aromatic rings. The summed E-state index contributed by atoms with van der Waals surface area (Å²) in [6.07, 6.45) is 0.351. The first-order valence-electron chi connectivity index (χ1n) is 6.59. The molecular formula is C14H17ClN2O4S. The normalized spacial score (nSPS) is 12.9. The number of carbonyl (C=O) groups is 1. The number of hydrogen-bond donors (Lipinski definition) is 2. The summed E-state index contributed by atoms with van der Waals surface area (Å²) < 4.78 is 26.7. The van der Waals surface area contributed by atoms with Crippen LogP contribution in [0.3, 0.4) is 0 Å². The van der Waals surface area contributed by atoms with Crippen LogP contribution in [0.2, 0.25) is 5.02 Å². The molecule has 0 aromatic heterocycles. The number of aliphatic carboxylic acids is 1. The van der Waals surface area contributed by atoms with Crippen LogP contribution in [-0.2, 0) is 14.8 Å². The number of nitrogens with one attached hydrogen (secondary N) is 1. The Bertz CT molecular complexity index is 695. The number of benzene rings is 1. The molecule has 1 aromatic carbocycles. The number of rotatable bonds is 7. The second-order valence-electron chi connectivity index (χ2n) is 5.27. The lowest BCUT2D eigenvalue weighted by Gasteiger charge is -2.16. The van der Waals surface area contributed by atoms with E-state index in [2.05, 4.69) is 4.72 Å². The first-order valence-corrected chi connectivity index (χ1v) is 8.45. The average Bonchev–Trinajstić information content (AvgIpc) is 2.42. The van der Waals surface area contributed by atoms with E-state index < -0.39 is 21.9 Å². The summed E-state index contributed by atoms with van der Waals surface area (Å²) >= 11 is 5.73. The fourth-order valence-electron chi connectivity index (χ4n) is 1.95. The van der Waals surface area contributed by atoms with Gasteiger partial charge in [-0.25, -0.2) is 13.1 Å². The molecule has 0 radical (unpaired) electrons. The van der Waals surface area contributed by atoms with Crippen molar-refractivity contribution in [2.75, 3.05) is 6.54 Å². The molecule has 0 saturated heterocycles. The Hall–Kier alpha value is -1.62. The number of nitrogens with zero attached hydrogens (tertiary/aromatic N) is 1. The number of nitriles is 1. The molecule has 0 aliphatic rings. The molecule has 1 rings (SSSR count). The minimum absolute atomic E-state index is 0.0873. The molecule has 22 heavy (non-hydrogen) atoms. The molecule has 0 aliphatic heterocycles. The van der Waals surface area contributed by atoms with E-state index in [-0.39, 0.29) is 27.9 Å². The van der Waals surface area contributed by atoms with E-state index in [9.17, 15) is 13.2 Å². The highest BCUT2D eigenvalue weighted by molar-refractivity contribution is 7.89. The zero-order valence-electron chi connectivity index (χ0n) is 12.2. The highest BCUT2D eigenvalue weighted by Crippen LogP contribution is 2.20. The number of carboxylic acid groups (broad SMARTS) is 1. The molecule has 1 unspecified atom stereocenters. The summed E-state index contributed by atoms with van der Waals surface area (Å²) in [6.45, 7) is 3.48. The van der Waals surface area contributed by atoms with Gasteiger partial charge in [0.25, 0.3) is 0 Å². The zero-order valence-corrected chi connectivity index (χ0v) is 13.8. The van der Waals surface area contributed by atoms with Gasteiger partial charge in [-0.05, 0) is 30.5 Å². The lowest BCUT2D eigenvalue weighted by Crippen LogP contribution is -2.34. The topological polar surface area (TPSA) is 107 Å². The second-order valence-corrected chi connectivity index (χ2v) is 7.44. The van der Waals surface area contributed by atoms with Crippen LogP contribution in [0.1, 0.15) is 25.8 Å². The van der Waals surface area contributed by atoms with Gasteiger partial charge in [0.05, 0.1) is 16.4 Å². The van der Waals surface area contributed by atoms with Crippen LogP contribution in [0.15, 0.2) is 23.1 Å². The van der Waals surface area contributed by atoms with Gasteiger partial charge in [-0.15, -0.1) is 0 Å². The van der Waals surface area contributed by atoms with E-state index in [0.717, 1.165) is 0 Å². The summed E-state index contributed by atoms with van der Waals surface area (Å²) in [5, 5.41) is 18.4. The summed E-state index contributed by atoms with van der Waals surface area (Å²) in [4.78, 5) is 10.9.